The first kappa shape index (κ1) is 34.5. The van der Waals surface area contributed by atoms with E-state index in [-0.39, 0.29) is 0 Å². The van der Waals surface area contributed by atoms with Crippen LogP contribution >= 0.6 is 0 Å². The molecule has 0 spiro atoms. The second-order valence-corrected chi connectivity index (χ2v) is 16.0. The van der Waals surface area contributed by atoms with Gasteiger partial charge in [-0.25, -0.2) is 0 Å². The number of fused-ring (bicyclic) bond motifs is 12. The van der Waals surface area contributed by atoms with Crippen molar-refractivity contribution >= 4 is 93.5 Å². The Hall–Kier alpha value is -8.34. The molecule has 0 bridgehead atoms. The van der Waals surface area contributed by atoms with Crippen molar-refractivity contribution in [3.63, 3.8) is 0 Å². The topological polar surface area (TPSA) is 42.7 Å². The van der Waals surface area contributed by atoms with Crippen LogP contribution in [0.15, 0.2) is 226 Å². The SMILES string of the molecule is c1ccc(-c2oc3c4ccc(-c5cccc(N(c6ccc7c(c6)oc6ccccc67)c6ccc7c(c6)oc6ccccc67)c5)cc4c4ccccc4c3c2-c2ccccc2)cc1. The maximum atomic E-state index is 7.03. The molecule has 0 aliphatic heterocycles. The van der Waals surface area contributed by atoms with Crippen molar-refractivity contribution in [2.24, 2.45) is 0 Å². The van der Waals surface area contributed by atoms with E-state index in [4.69, 9.17) is 13.3 Å². The quantitative estimate of drug-likeness (QED) is 0.157. The third kappa shape index (κ3) is 5.33. The van der Waals surface area contributed by atoms with Crippen molar-refractivity contribution in [2.45, 2.75) is 0 Å². The van der Waals surface area contributed by atoms with Gasteiger partial charge in [-0.3, -0.25) is 0 Å². The molecule has 13 aromatic rings. The largest absolute Gasteiger partial charge is 0.456 e. The van der Waals surface area contributed by atoms with Crippen LogP contribution in [0.3, 0.4) is 0 Å². The van der Waals surface area contributed by atoms with Crippen LogP contribution in [0.2, 0.25) is 0 Å². The van der Waals surface area contributed by atoms with E-state index in [1.165, 1.54) is 10.8 Å². The molecule has 13 rings (SSSR count). The summed E-state index contributed by atoms with van der Waals surface area (Å²) in [7, 11) is 0. The Labute approximate surface area is 356 Å². The second kappa shape index (κ2) is 13.6. The van der Waals surface area contributed by atoms with Crippen LogP contribution in [-0.4, -0.2) is 0 Å². The number of hydrogen-bond donors (Lipinski definition) is 0. The highest BCUT2D eigenvalue weighted by molar-refractivity contribution is 6.29. The van der Waals surface area contributed by atoms with Gasteiger partial charge < -0.3 is 18.2 Å². The van der Waals surface area contributed by atoms with Gasteiger partial charge in [-0.05, 0) is 93.5 Å². The number of hydrogen-bond acceptors (Lipinski definition) is 4. The summed E-state index contributed by atoms with van der Waals surface area (Å²) in [6, 6.07) is 74.9. The molecule has 0 radical (unpaired) electrons. The van der Waals surface area contributed by atoms with Gasteiger partial charge in [-0.15, -0.1) is 0 Å². The van der Waals surface area contributed by atoms with Crippen molar-refractivity contribution in [2.75, 3.05) is 4.90 Å². The minimum absolute atomic E-state index is 0.839. The van der Waals surface area contributed by atoms with Crippen LogP contribution in [0, 0.1) is 0 Å². The first-order chi connectivity index (χ1) is 30.7. The van der Waals surface area contributed by atoms with Gasteiger partial charge in [0.15, 0.2) is 0 Å². The first-order valence-electron chi connectivity index (χ1n) is 21.0. The Kier molecular flexibility index (Phi) is 7.57. The lowest BCUT2D eigenvalue weighted by Crippen LogP contribution is -2.09. The molecule has 0 aliphatic carbocycles. The zero-order valence-corrected chi connectivity index (χ0v) is 33.4. The van der Waals surface area contributed by atoms with Gasteiger partial charge in [0.1, 0.15) is 33.7 Å². The van der Waals surface area contributed by atoms with E-state index in [0.717, 1.165) is 116 Å². The van der Waals surface area contributed by atoms with Crippen LogP contribution in [0.5, 0.6) is 0 Å². The van der Waals surface area contributed by atoms with Gasteiger partial charge in [0.2, 0.25) is 0 Å². The van der Waals surface area contributed by atoms with Crippen molar-refractivity contribution in [1.82, 2.24) is 0 Å². The van der Waals surface area contributed by atoms with Gasteiger partial charge in [0, 0.05) is 72.6 Å². The fourth-order valence-electron chi connectivity index (χ4n) is 9.61. The molecular formula is C58H35NO3. The van der Waals surface area contributed by atoms with Gasteiger partial charge in [0.05, 0.1) is 0 Å². The fraction of sp³-hybridized carbons (Fsp3) is 0. The van der Waals surface area contributed by atoms with Gasteiger partial charge >= 0.3 is 0 Å². The van der Waals surface area contributed by atoms with Crippen molar-refractivity contribution in [1.29, 1.82) is 0 Å². The van der Waals surface area contributed by atoms with Crippen LogP contribution < -0.4 is 4.90 Å². The lowest BCUT2D eigenvalue weighted by molar-refractivity contribution is 0.636. The molecule has 0 saturated heterocycles. The summed E-state index contributed by atoms with van der Waals surface area (Å²) in [5, 5.41) is 10.1. The Bertz CT molecular complexity index is 3760. The summed E-state index contributed by atoms with van der Waals surface area (Å²) in [5.41, 5.74) is 12.8. The van der Waals surface area contributed by atoms with Gasteiger partial charge in [-0.1, -0.05) is 140 Å². The fourth-order valence-corrected chi connectivity index (χ4v) is 9.61. The summed E-state index contributed by atoms with van der Waals surface area (Å²) in [4.78, 5) is 2.29. The molecule has 4 nitrogen and oxygen atoms in total. The highest BCUT2D eigenvalue weighted by Crippen LogP contribution is 2.48. The molecule has 0 atom stereocenters. The number of benzene rings is 10. The summed E-state index contributed by atoms with van der Waals surface area (Å²) in [6.45, 7) is 0. The monoisotopic (exact) mass is 793 g/mol. The molecule has 0 saturated carbocycles. The summed E-state index contributed by atoms with van der Waals surface area (Å²) in [6.07, 6.45) is 0. The van der Waals surface area contributed by atoms with Gasteiger partial charge in [-0.2, -0.15) is 0 Å². The van der Waals surface area contributed by atoms with E-state index in [9.17, 15) is 0 Å². The van der Waals surface area contributed by atoms with Crippen LogP contribution in [0.4, 0.5) is 17.1 Å². The molecule has 3 aromatic heterocycles. The Morgan fingerprint density at radius 2 is 0.774 bits per heavy atom. The maximum Gasteiger partial charge on any atom is 0.143 e. The van der Waals surface area contributed by atoms with Crippen molar-refractivity contribution in [3.8, 4) is 33.6 Å². The molecule has 0 amide bonds. The van der Waals surface area contributed by atoms with Crippen LogP contribution in [-0.2, 0) is 0 Å². The molecule has 290 valence electrons. The van der Waals surface area contributed by atoms with E-state index >= 15 is 0 Å². The number of rotatable bonds is 6. The highest BCUT2D eigenvalue weighted by Gasteiger charge is 2.23. The zero-order chi connectivity index (χ0) is 40.7. The lowest BCUT2D eigenvalue weighted by Gasteiger charge is -2.26. The molecule has 0 N–H and O–H groups in total. The first-order valence-corrected chi connectivity index (χ1v) is 21.0. The van der Waals surface area contributed by atoms with E-state index in [0.29, 0.717) is 0 Å². The van der Waals surface area contributed by atoms with E-state index in [2.05, 4.69) is 187 Å². The predicted molar refractivity (Wildman–Crippen MR) is 257 cm³/mol. The minimum atomic E-state index is 0.839. The average Bonchev–Trinajstić information content (AvgIpc) is 4.04. The molecule has 62 heavy (non-hydrogen) atoms. The zero-order valence-electron chi connectivity index (χ0n) is 33.4. The minimum Gasteiger partial charge on any atom is -0.456 e. The van der Waals surface area contributed by atoms with Crippen LogP contribution in [0.25, 0.3) is 110 Å². The third-order valence-corrected chi connectivity index (χ3v) is 12.4. The molecule has 10 aromatic carbocycles. The number of anilines is 3. The third-order valence-electron chi connectivity index (χ3n) is 12.4. The van der Waals surface area contributed by atoms with Crippen LogP contribution in [0.1, 0.15) is 0 Å². The molecule has 0 unspecified atom stereocenters. The standard InChI is InChI=1S/C58H35NO3/c1-3-14-36(15-4-1)55-56-48-23-8-7-20-43(48)50-33-39(26-29-49(50)58(56)62-57(55)37-16-5-2-6-17-37)38-18-13-19-40(32-38)59(41-27-30-46-44-21-9-11-24-51(44)60-53(46)34-41)42-28-31-47-45-22-10-12-25-52(45)61-54(47)35-42/h1-35H. The summed E-state index contributed by atoms with van der Waals surface area (Å²) in [5.74, 6) is 0.878. The smallest absolute Gasteiger partial charge is 0.143 e. The Morgan fingerprint density at radius 3 is 1.44 bits per heavy atom. The normalized spacial score (nSPS) is 11.9. The van der Waals surface area contributed by atoms with E-state index in [1.54, 1.807) is 0 Å². The number of furan rings is 3. The molecule has 0 aliphatic rings. The van der Waals surface area contributed by atoms with Gasteiger partial charge in [0.25, 0.3) is 0 Å². The molecule has 4 heteroatoms. The Balaban J connectivity index is 1.00. The predicted octanol–water partition coefficient (Wildman–Crippen LogP) is 17.0. The van der Waals surface area contributed by atoms with E-state index < -0.39 is 0 Å². The second-order valence-electron chi connectivity index (χ2n) is 16.0. The number of nitrogens with zero attached hydrogens (tertiary/aromatic N) is 1. The average molecular weight is 794 g/mol. The van der Waals surface area contributed by atoms with E-state index in [1.807, 2.05) is 30.3 Å². The Morgan fingerprint density at radius 1 is 0.274 bits per heavy atom. The summed E-state index contributed by atoms with van der Waals surface area (Å²) < 4.78 is 19.9. The van der Waals surface area contributed by atoms with Crippen molar-refractivity contribution < 1.29 is 13.3 Å². The molecule has 3 heterocycles. The highest BCUT2D eigenvalue weighted by atomic mass is 16.3. The molecular weight excluding hydrogens is 759 g/mol. The lowest BCUT2D eigenvalue weighted by atomic mass is 9.91. The van der Waals surface area contributed by atoms with Crippen molar-refractivity contribution in [3.05, 3.63) is 212 Å². The number of para-hydroxylation sites is 2. The maximum absolute atomic E-state index is 7.03. The summed E-state index contributed by atoms with van der Waals surface area (Å²) >= 11 is 0. The molecule has 0 fully saturated rings.